The quantitative estimate of drug-likeness (QED) is 0.111. The van der Waals surface area contributed by atoms with Crippen molar-refractivity contribution < 1.29 is 19.1 Å². The molecule has 0 saturated carbocycles. The smallest absolute Gasteiger partial charge is 0.334 e. The number of para-hydroxylation sites is 2. The van der Waals surface area contributed by atoms with Crippen LogP contribution in [0.5, 0.6) is 0 Å². The molecule has 3 atom stereocenters. The minimum atomic E-state index is -2.01. The Bertz CT molecular complexity index is 1740. The van der Waals surface area contributed by atoms with Gasteiger partial charge in [0.05, 0.1) is 12.1 Å². The number of aromatic amines is 2. The molecule has 9 nitrogen and oxygen atoms in total. The largest absolute Gasteiger partial charge is 0.459 e. The van der Waals surface area contributed by atoms with Crippen LogP contribution in [-0.4, -0.2) is 45.3 Å². The number of benzene rings is 3. The number of amides is 1. The second-order valence-corrected chi connectivity index (χ2v) is 11.2. The van der Waals surface area contributed by atoms with E-state index in [0.717, 1.165) is 38.5 Å². The average Bonchev–Trinajstić information content (AvgIpc) is 3.63. The minimum absolute atomic E-state index is 0.0341. The summed E-state index contributed by atoms with van der Waals surface area (Å²) in [6, 6.07) is 22.5. The molecule has 0 fully saturated rings. The van der Waals surface area contributed by atoms with Crippen molar-refractivity contribution in [2.45, 2.75) is 50.9 Å². The third-order valence-electron chi connectivity index (χ3n) is 8.05. The van der Waals surface area contributed by atoms with Crippen molar-refractivity contribution in [2.24, 2.45) is 17.4 Å². The van der Waals surface area contributed by atoms with Gasteiger partial charge < -0.3 is 31.5 Å². The molecule has 9 heteroatoms. The topological polar surface area (TPSA) is 156 Å². The van der Waals surface area contributed by atoms with Gasteiger partial charge in [-0.25, -0.2) is 4.79 Å². The molecule has 3 unspecified atom stereocenters. The van der Waals surface area contributed by atoms with E-state index in [4.69, 9.17) is 16.2 Å². The van der Waals surface area contributed by atoms with E-state index in [1.165, 1.54) is 0 Å². The second-order valence-electron chi connectivity index (χ2n) is 11.2. The molecule has 0 saturated heterocycles. The number of rotatable bonds is 12. The van der Waals surface area contributed by atoms with Crippen LogP contribution in [0.3, 0.4) is 0 Å². The first-order valence-electron chi connectivity index (χ1n) is 14.4. The number of carbonyl (C=O) groups excluding carboxylic acids is 3. The van der Waals surface area contributed by atoms with Gasteiger partial charge in [0.2, 0.25) is 5.91 Å². The SMILES string of the molecule is CC(C)C(N)(C(=O)OCc1ccccc1)C(=O)C(Cc1c[nH]c2ccccc12)NC(=O)C(N)Cc1c[nH]c2ccccc12. The molecule has 5 rings (SSSR count). The number of nitrogens with one attached hydrogen (secondary N) is 3. The van der Waals surface area contributed by atoms with E-state index in [0.29, 0.717) is 0 Å². The highest BCUT2D eigenvalue weighted by Crippen LogP contribution is 2.25. The number of esters is 1. The van der Waals surface area contributed by atoms with Crippen LogP contribution in [0.1, 0.15) is 30.5 Å². The van der Waals surface area contributed by atoms with Crippen LogP contribution < -0.4 is 16.8 Å². The third-order valence-corrected chi connectivity index (χ3v) is 8.05. The zero-order valence-corrected chi connectivity index (χ0v) is 24.3. The van der Waals surface area contributed by atoms with Crippen molar-refractivity contribution in [1.82, 2.24) is 15.3 Å². The molecule has 0 bridgehead atoms. The Balaban J connectivity index is 1.41. The molecule has 222 valence electrons. The predicted molar refractivity (Wildman–Crippen MR) is 167 cm³/mol. The number of aromatic nitrogens is 2. The summed E-state index contributed by atoms with van der Waals surface area (Å²) in [4.78, 5) is 47.7. The summed E-state index contributed by atoms with van der Waals surface area (Å²) in [7, 11) is 0. The lowest BCUT2D eigenvalue weighted by Crippen LogP contribution is -2.66. The summed E-state index contributed by atoms with van der Waals surface area (Å²) in [5.41, 5.74) is 15.3. The number of ether oxygens (including phenoxy) is 1. The predicted octanol–water partition coefficient (Wildman–Crippen LogP) is 3.91. The first-order chi connectivity index (χ1) is 20.7. The summed E-state index contributed by atoms with van der Waals surface area (Å²) < 4.78 is 5.56. The third kappa shape index (κ3) is 6.23. The monoisotopic (exact) mass is 579 g/mol. The lowest BCUT2D eigenvalue weighted by molar-refractivity contribution is -0.158. The van der Waals surface area contributed by atoms with Gasteiger partial charge in [-0.05, 0) is 41.2 Å². The number of fused-ring (bicyclic) bond motifs is 2. The lowest BCUT2D eigenvalue weighted by atomic mass is 9.79. The highest BCUT2D eigenvalue weighted by atomic mass is 16.5. The van der Waals surface area contributed by atoms with E-state index in [1.807, 2.05) is 85.1 Å². The van der Waals surface area contributed by atoms with Crippen LogP contribution in [-0.2, 0) is 38.6 Å². The fourth-order valence-electron chi connectivity index (χ4n) is 5.39. The van der Waals surface area contributed by atoms with Gasteiger partial charge in [-0.3, -0.25) is 9.59 Å². The Hall–Kier alpha value is -4.73. The van der Waals surface area contributed by atoms with Crippen molar-refractivity contribution in [2.75, 3.05) is 0 Å². The number of ketones is 1. The molecule has 5 aromatic rings. The molecule has 2 heterocycles. The normalized spacial score (nSPS) is 14.3. The fraction of sp³-hybridized carbons (Fsp3) is 0.265. The van der Waals surface area contributed by atoms with Crippen molar-refractivity contribution in [1.29, 1.82) is 0 Å². The highest BCUT2D eigenvalue weighted by molar-refractivity contribution is 6.12. The van der Waals surface area contributed by atoms with E-state index in [-0.39, 0.29) is 19.4 Å². The summed E-state index contributed by atoms with van der Waals surface area (Å²) in [6.07, 6.45) is 3.98. The molecule has 0 radical (unpaired) electrons. The summed E-state index contributed by atoms with van der Waals surface area (Å²) in [6.45, 7) is 3.34. The van der Waals surface area contributed by atoms with E-state index in [2.05, 4.69) is 15.3 Å². The maximum Gasteiger partial charge on any atom is 0.334 e. The van der Waals surface area contributed by atoms with E-state index in [1.54, 1.807) is 20.0 Å². The molecule has 1 amide bonds. The summed E-state index contributed by atoms with van der Waals surface area (Å²) >= 11 is 0. The molecule has 0 spiro atoms. The Morgan fingerprint density at radius 3 is 1.93 bits per heavy atom. The molecule has 0 aliphatic heterocycles. The zero-order valence-electron chi connectivity index (χ0n) is 24.3. The van der Waals surface area contributed by atoms with Crippen molar-refractivity contribution in [3.8, 4) is 0 Å². The van der Waals surface area contributed by atoms with Gasteiger partial charge >= 0.3 is 5.97 Å². The van der Waals surface area contributed by atoms with Crippen LogP contribution in [0.25, 0.3) is 21.8 Å². The van der Waals surface area contributed by atoms with Crippen molar-refractivity contribution in [3.63, 3.8) is 0 Å². The molecule has 43 heavy (non-hydrogen) atoms. The molecule has 0 aliphatic rings. The standard InChI is InChI=1S/C34H37N5O4/c1-21(2)34(36,33(42)43-20-22-10-4-3-5-11-22)31(40)30(17-24-19-38-29-15-9-7-13-26(24)29)39-32(41)27(35)16-23-18-37-28-14-8-6-12-25(23)28/h3-15,18-19,21,27,30,37-38H,16-17,20,35-36H2,1-2H3,(H,39,41). The van der Waals surface area contributed by atoms with Gasteiger partial charge in [0, 0.05) is 40.6 Å². The van der Waals surface area contributed by atoms with E-state index < -0.39 is 41.2 Å². The molecule has 0 aliphatic carbocycles. The summed E-state index contributed by atoms with van der Waals surface area (Å²) in [5.74, 6) is -2.63. The number of hydrogen-bond donors (Lipinski definition) is 5. The average molecular weight is 580 g/mol. The highest BCUT2D eigenvalue weighted by Gasteiger charge is 2.49. The molecule has 2 aromatic heterocycles. The number of Topliss-reactive ketones (excluding diaryl/α,β-unsaturated/α-hetero) is 1. The second kappa shape index (κ2) is 12.6. The Kier molecular flexibility index (Phi) is 8.75. The van der Waals surface area contributed by atoms with Crippen molar-refractivity contribution in [3.05, 3.63) is 108 Å². The number of H-pyrrole nitrogens is 2. The Labute approximate surface area is 250 Å². The molecular weight excluding hydrogens is 542 g/mol. The number of nitrogens with two attached hydrogens (primary N) is 2. The van der Waals surface area contributed by atoms with E-state index >= 15 is 0 Å². The number of carbonyl (C=O) groups is 3. The van der Waals surface area contributed by atoms with Crippen LogP contribution in [0, 0.1) is 5.92 Å². The molecule has 7 N–H and O–H groups in total. The van der Waals surface area contributed by atoms with Crippen LogP contribution in [0.4, 0.5) is 0 Å². The van der Waals surface area contributed by atoms with Gasteiger partial charge in [-0.2, -0.15) is 0 Å². The van der Waals surface area contributed by atoms with Gasteiger partial charge in [0.25, 0.3) is 0 Å². The maximum atomic E-state index is 14.3. The minimum Gasteiger partial charge on any atom is -0.459 e. The van der Waals surface area contributed by atoms with Crippen molar-refractivity contribution >= 4 is 39.5 Å². The van der Waals surface area contributed by atoms with Crippen LogP contribution in [0.15, 0.2) is 91.3 Å². The lowest BCUT2D eigenvalue weighted by Gasteiger charge is -2.33. The van der Waals surface area contributed by atoms with Crippen LogP contribution in [0.2, 0.25) is 0 Å². The first kappa shape index (κ1) is 29.8. The summed E-state index contributed by atoms with van der Waals surface area (Å²) in [5, 5.41) is 4.71. The number of hydrogen-bond acceptors (Lipinski definition) is 6. The van der Waals surface area contributed by atoms with Gasteiger partial charge in [-0.15, -0.1) is 0 Å². The Morgan fingerprint density at radius 1 is 0.814 bits per heavy atom. The van der Waals surface area contributed by atoms with Crippen LogP contribution >= 0.6 is 0 Å². The van der Waals surface area contributed by atoms with Gasteiger partial charge in [-0.1, -0.05) is 80.6 Å². The molecule has 3 aromatic carbocycles. The molecular formula is C34H37N5O4. The Morgan fingerprint density at radius 2 is 1.35 bits per heavy atom. The van der Waals surface area contributed by atoms with Gasteiger partial charge in [0.1, 0.15) is 6.61 Å². The first-order valence-corrected chi connectivity index (χ1v) is 14.4. The zero-order chi connectivity index (χ0) is 30.6. The fourth-order valence-corrected chi connectivity index (χ4v) is 5.39. The van der Waals surface area contributed by atoms with E-state index in [9.17, 15) is 14.4 Å². The van der Waals surface area contributed by atoms with Gasteiger partial charge in [0.15, 0.2) is 11.3 Å². The maximum absolute atomic E-state index is 14.3.